The Kier molecular flexibility index (Phi) is 5.39. The van der Waals surface area contributed by atoms with Crippen molar-refractivity contribution in [2.75, 3.05) is 18.8 Å². The van der Waals surface area contributed by atoms with E-state index >= 15 is 0 Å². The molecule has 0 bridgehead atoms. The molecule has 2 N–H and O–H groups in total. The molecule has 3 rings (SSSR count). The number of carbonyl (C=O) groups is 3. The molecule has 1 aliphatic heterocycles. The number of hydrogen-bond donors (Lipinski definition) is 2. The third-order valence-corrected chi connectivity index (χ3v) is 4.69. The summed E-state index contributed by atoms with van der Waals surface area (Å²) in [6.45, 7) is 1.01. The van der Waals surface area contributed by atoms with Crippen LogP contribution < -0.4 is 10.9 Å². The molecule has 1 aromatic heterocycles. The first kappa shape index (κ1) is 17.1. The van der Waals surface area contributed by atoms with Crippen LogP contribution in [0.2, 0.25) is 0 Å². The summed E-state index contributed by atoms with van der Waals surface area (Å²) < 4.78 is 1.83. The summed E-state index contributed by atoms with van der Waals surface area (Å²) in [6, 6.07) is 10.9. The third-order valence-electron chi connectivity index (χ3n) is 3.80. The van der Waals surface area contributed by atoms with Gasteiger partial charge in [0.15, 0.2) is 0 Å². The van der Waals surface area contributed by atoms with E-state index in [0.29, 0.717) is 18.7 Å². The highest BCUT2D eigenvalue weighted by Crippen LogP contribution is 2.17. The summed E-state index contributed by atoms with van der Waals surface area (Å²) in [7, 11) is 0. The Bertz CT molecular complexity index is 776. The number of amides is 3. The minimum Gasteiger partial charge on any atom is -0.332 e. The second-order valence-corrected chi connectivity index (χ2v) is 6.51. The number of thioether (sulfide) groups is 1. The van der Waals surface area contributed by atoms with Gasteiger partial charge in [0.05, 0.1) is 11.3 Å². The molecule has 0 unspecified atom stereocenters. The molecular formula is C17H18N4O3S. The van der Waals surface area contributed by atoms with Crippen LogP contribution >= 0.6 is 11.8 Å². The number of aromatic nitrogens is 1. The molecule has 25 heavy (non-hydrogen) atoms. The van der Waals surface area contributed by atoms with Gasteiger partial charge in [0.25, 0.3) is 11.1 Å². The molecule has 130 valence electrons. The van der Waals surface area contributed by atoms with Gasteiger partial charge < -0.3 is 9.47 Å². The zero-order valence-electron chi connectivity index (χ0n) is 13.5. The minimum absolute atomic E-state index is 0.00233. The van der Waals surface area contributed by atoms with E-state index in [1.54, 1.807) is 17.0 Å². The zero-order valence-corrected chi connectivity index (χ0v) is 14.3. The summed E-state index contributed by atoms with van der Waals surface area (Å²) in [5.41, 5.74) is 6.00. The maximum atomic E-state index is 12.4. The lowest BCUT2D eigenvalue weighted by Gasteiger charge is -2.15. The lowest BCUT2D eigenvalue weighted by Crippen LogP contribution is -2.43. The minimum atomic E-state index is -0.398. The highest BCUT2D eigenvalue weighted by Gasteiger charge is 2.21. The third kappa shape index (κ3) is 4.21. The molecule has 1 aromatic carbocycles. The summed E-state index contributed by atoms with van der Waals surface area (Å²) in [5.74, 6) is 0.0230. The van der Waals surface area contributed by atoms with E-state index in [-0.39, 0.29) is 17.6 Å². The number of nitrogens with one attached hydrogen (secondary N) is 2. The average molecular weight is 358 g/mol. The fraction of sp³-hybridized carbons (Fsp3) is 0.235. The molecule has 8 heteroatoms. The molecular weight excluding hydrogens is 340 g/mol. The number of hydrogen-bond acceptors (Lipinski definition) is 4. The Hall–Kier alpha value is -2.74. The Morgan fingerprint density at radius 2 is 1.84 bits per heavy atom. The molecule has 2 aromatic rings. The zero-order chi connectivity index (χ0) is 17.6. The van der Waals surface area contributed by atoms with Gasteiger partial charge in [-0.15, -0.1) is 0 Å². The number of nitrogens with zero attached hydrogens (tertiary/aromatic N) is 2. The van der Waals surface area contributed by atoms with Gasteiger partial charge >= 0.3 is 0 Å². The van der Waals surface area contributed by atoms with Gasteiger partial charge in [-0.25, -0.2) is 0 Å². The van der Waals surface area contributed by atoms with E-state index in [9.17, 15) is 14.4 Å². The van der Waals surface area contributed by atoms with Crippen LogP contribution in [0.15, 0.2) is 48.8 Å². The van der Waals surface area contributed by atoms with Crippen molar-refractivity contribution in [1.29, 1.82) is 0 Å². The Morgan fingerprint density at radius 1 is 1.08 bits per heavy atom. The van der Waals surface area contributed by atoms with Crippen molar-refractivity contribution >= 4 is 28.8 Å². The molecule has 1 fully saturated rings. The van der Waals surface area contributed by atoms with Crippen LogP contribution in [-0.2, 0) is 4.79 Å². The smallest absolute Gasteiger partial charge is 0.281 e. The molecule has 0 aliphatic carbocycles. The number of para-hydroxylation sites is 1. The molecule has 0 radical (unpaired) electrons. The van der Waals surface area contributed by atoms with Crippen molar-refractivity contribution in [3.63, 3.8) is 0 Å². The van der Waals surface area contributed by atoms with Crippen LogP contribution in [0.4, 0.5) is 4.79 Å². The first-order chi connectivity index (χ1) is 12.1. The van der Waals surface area contributed by atoms with Gasteiger partial charge in [-0.05, 0) is 24.3 Å². The fourth-order valence-electron chi connectivity index (χ4n) is 2.51. The van der Waals surface area contributed by atoms with Crippen LogP contribution in [0.1, 0.15) is 16.8 Å². The largest absolute Gasteiger partial charge is 0.332 e. The molecule has 1 aliphatic rings. The topological polar surface area (TPSA) is 83.4 Å². The first-order valence-electron chi connectivity index (χ1n) is 7.88. The first-order valence-corrected chi connectivity index (χ1v) is 8.87. The van der Waals surface area contributed by atoms with Gasteiger partial charge in [0.1, 0.15) is 0 Å². The van der Waals surface area contributed by atoms with E-state index in [2.05, 4.69) is 10.9 Å². The summed E-state index contributed by atoms with van der Waals surface area (Å²) in [6.07, 6.45) is 3.83. The second-order valence-electron chi connectivity index (χ2n) is 5.46. The number of hydrazine groups is 1. The summed E-state index contributed by atoms with van der Waals surface area (Å²) in [4.78, 5) is 37.4. The monoisotopic (exact) mass is 358 g/mol. The quantitative estimate of drug-likeness (QED) is 0.799. The maximum absolute atomic E-state index is 12.4. The summed E-state index contributed by atoms with van der Waals surface area (Å²) >= 11 is 1.26. The Balaban J connectivity index is 1.54. The molecule has 3 amide bonds. The highest BCUT2D eigenvalue weighted by molar-refractivity contribution is 8.13. The number of benzene rings is 1. The van der Waals surface area contributed by atoms with Crippen LogP contribution in [0, 0.1) is 0 Å². The second kappa shape index (κ2) is 7.89. The van der Waals surface area contributed by atoms with E-state index in [0.717, 1.165) is 11.4 Å². The molecule has 2 heterocycles. The molecule has 0 atom stereocenters. The van der Waals surface area contributed by atoms with Gasteiger partial charge in [0.2, 0.25) is 5.91 Å². The maximum Gasteiger partial charge on any atom is 0.281 e. The highest BCUT2D eigenvalue weighted by atomic mass is 32.2. The molecule has 1 saturated heterocycles. The van der Waals surface area contributed by atoms with Gasteiger partial charge in [-0.2, -0.15) is 0 Å². The fourth-order valence-corrected chi connectivity index (χ4v) is 3.36. The van der Waals surface area contributed by atoms with Crippen molar-refractivity contribution in [3.8, 4) is 5.69 Å². The Labute approximate surface area is 149 Å². The van der Waals surface area contributed by atoms with Crippen LogP contribution in [0.25, 0.3) is 5.69 Å². The standard InChI is InChI=1S/C17H18N4O3S/c22-15(7-10-21-11-12-25-17(21)24)18-19-16(23)13-5-1-2-6-14(13)20-8-3-4-9-20/h1-6,8-9H,7,10-12H2,(H,18,22)(H,19,23). The van der Waals surface area contributed by atoms with Crippen LogP contribution in [0.5, 0.6) is 0 Å². The average Bonchev–Trinajstić information content (AvgIpc) is 3.29. The molecule has 0 spiro atoms. The molecule has 0 saturated carbocycles. The lowest BCUT2D eigenvalue weighted by atomic mass is 10.1. The predicted octanol–water partition coefficient (Wildman–Crippen LogP) is 1.80. The van der Waals surface area contributed by atoms with Crippen molar-refractivity contribution in [3.05, 3.63) is 54.4 Å². The lowest BCUT2D eigenvalue weighted by molar-refractivity contribution is -0.122. The predicted molar refractivity (Wildman–Crippen MR) is 95.4 cm³/mol. The van der Waals surface area contributed by atoms with Crippen molar-refractivity contribution in [2.45, 2.75) is 6.42 Å². The van der Waals surface area contributed by atoms with Crippen molar-refractivity contribution in [1.82, 2.24) is 20.3 Å². The molecule has 7 nitrogen and oxygen atoms in total. The summed E-state index contributed by atoms with van der Waals surface area (Å²) in [5, 5.41) is -0.00233. The van der Waals surface area contributed by atoms with Gasteiger partial charge in [-0.3, -0.25) is 25.2 Å². The SMILES string of the molecule is O=C(CCN1CCSC1=O)NNC(=O)c1ccccc1-n1cccc1. The van der Waals surface area contributed by atoms with Gasteiger partial charge in [-0.1, -0.05) is 23.9 Å². The van der Waals surface area contributed by atoms with Crippen molar-refractivity contribution < 1.29 is 14.4 Å². The number of rotatable bonds is 5. The van der Waals surface area contributed by atoms with E-state index < -0.39 is 5.91 Å². The van der Waals surface area contributed by atoms with Gasteiger partial charge in [0, 0.05) is 37.7 Å². The van der Waals surface area contributed by atoms with E-state index in [1.165, 1.54) is 11.8 Å². The van der Waals surface area contributed by atoms with E-state index in [4.69, 9.17) is 0 Å². The van der Waals surface area contributed by atoms with Crippen molar-refractivity contribution in [2.24, 2.45) is 0 Å². The normalized spacial score (nSPS) is 13.8. The van der Waals surface area contributed by atoms with Crippen LogP contribution in [0.3, 0.4) is 0 Å². The Morgan fingerprint density at radius 3 is 2.56 bits per heavy atom. The number of carbonyl (C=O) groups excluding carboxylic acids is 3. The van der Waals surface area contributed by atoms with Crippen LogP contribution in [-0.4, -0.2) is 45.4 Å². The van der Waals surface area contributed by atoms with E-state index in [1.807, 2.05) is 41.2 Å².